The molecule has 30 heavy (non-hydrogen) atoms. The Morgan fingerprint density at radius 2 is 1.07 bits per heavy atom. The highest BCUT2D eigenvalue weighted by molar-refractivity contribution is 6.30. The first-order valence-electron chi connectivity index (χ1n) is 9.86. The zero-order valence-electron chi connectivity index (χ0n) is 16.2. The van der Waals surface area contributed by atoms with Crippen LogP contribution in [0.1, 0.15) is 0 Å². The summed E-state index contributed by atoms with van der Waals surface area (Å²) in [4.78, 5) is 0. The Bertz CT molecular complexity index is 1260. The van der Waals surface area contributed by atoms with Gasteiger partial charge in [0.15, 0.2) is 0 Å². The minimum Gasteiger partial charge on any atom is -0.232 e. The molecule has 1 heterocycles. The maximum absolute atomic E-state index is 6.16. The van der Waals surface area contributed by atoms with Gasteiger partial charge in [-0.05, 0) is 29.8 Å². The van der Waals surface area contributed by atoms with Gasteiger partial charge in [0.25, 0.3) is 0 Å². The van der Waals surface area contributed by atoms with Crippen LogP contribution in [0.15, 0.2) is 115 Å². The van der Waals surface area contributed by atoms with Crippen LogP contribution in [-0.4, -0.2) is 9.78 Å². The number of hydrogen-bond donors (Lipinski definition) is 0. The van der Waals surface area contributed by atoms with E-state index in [1.807, 2.05) is 59.3 Å². The van der Waals surface area contributed by atoms with Crippen molar-refractivity contribution in [3.05, 3.63) is 120 Å². The third-order valence-corrected chi connectivity index (χ3v) is 5.37. The summed E-state index contributed by atoms with van der Waals surface area (Å²) in [5.41, 5.74) is 7.40. The first-order valence-corrected chi connectivity index (χ1v) is 10.2. The third-order valence-electron chi connectivity index (χ3n) is 5.11. The first-order chi connectivity index (χ1) is 14.8. The highest BCUT2D eigenvalue weighted by Gasteiger charge is 2.22. The lowest BCUT2D eigenvalue weighted by Gasteiger charge is -2.11. The van der Waals surface area contributed by atoms with Crippen LogP contribution in [0.5, 0.6) is 0 Å². The predicted molar refractivity (Wildman–Crippen MR) is 125 cm³/mol. The standard InChI is InChI=1S/C27H19ClN2/c28-23-18-16-21(17-19-23)26-25(20-10-4-1-5-11-20)27(22-12-6-2-7-13-22)30(29-26)24-14-8-3-9-15-24/h1-19H. The largest absolute Gasteiger partial charge is 0.232 e. The van der Waals surface area contributed by atoms with Gasteiger partial charge < -0.3 is 0 Å². The number of rotatable bonds is 4. The molecule has 0 spiro atoms. The highest BCUT2D eigenvalue weighted by atomic mass is 35.5. The maximum atomic E-state index is 6.16. The van der Waals surface area contributed by atoms with Crippen molar-refractivity contribution in [2.75, 3.05) is 0 Å². The number of aromatic nitrogens is 2. The summed E-state index contributed by atoms with van der Waals surface area (Å²) in [6, 6.07) is 39.0. The van der Waals surface area contributed by atoms with Gasteiger partial charge in [-0.3, -0.25) is 0 Å². The van der Waals surface area contributed by atoms with Gasteiger partial charge in [-0.25, -0.2) is 4.68 Å². The minimum atomic E-state index is 0.714. The normalized spacial score (nSPS) is 10.8. The molecule has 5 rings (SSSR count). The molecule has 0 atom stereocenters. The van der Waals surface area contributed by atoms with Crippen LogP contribution in [0.2, 0.25) is 5.02 Å². The molecular formula is C27H19ClN2. The monoisotopic (exact) mass is 406 g/mol. The van der Waals surface area contributed by atoms with E-state index in [2.05, 4.69) is 60.7 Å². The molecule has 0 radical (unpaired) electrons. The molecule has 0 aliphatic carbocycles. The summed E-state index contributed by atoms with van der Waals surface area (Å²) in [5, 5.41) is 5.82. The molecule has 0 aliphatic heterocycles. The van der Waals surface area contributed by atoms with E-state index in [4.69, 9.17) is 16.7 Å². The molecule has 0 saturated heterocycles. The lowest BCUT2D eigenvalue weighted by molar-refractivity contribution is 0.892. The molecule has 0 N–H and O–H groups in total. The van der Waals surface area contributed by atoms with Crippen LogP contribution in [0, 0.1) is 0 Å². The number of para-hydroxylation sites is 1. The Labute approximate surface area is 181 Å². The molecule has 0 aliphatic rings. The fraction of sp³-hybridized carbons (Fsp3) is 0. The molecule has 144 valence electrons. The van der Waals surface area contributed by atoms with Gasteiger partial charge in [0.1, 0.15) is 5.69 Å². The Balaban J connectivity index is 1.88. The SMILES string of the molecule is Clc1ccc(-c2nn(-c3ccccc3)c(-c3ccccc3)c2-c2ccccc2)cc1. The molecule has 3 heteroatoms. The second-order valence-corrected chi connectivity index (χ2v) is 7.49. The fourth-order valence-corrected chi connectivity index (χ4v) is 3.85. The molecule has 0 bridgehead atoms. The van der Waals surface area contributed by atoms with E-state index < -0.39 is 0 Å². The molecule has 0 fully saturated rings. The zero-order chi connectivity index (χ0) is 20.3. The van der Waals surface area contributed by atoms with Crippen LogP contribution in [0.25, 0.3) is 39.3 Å². The van der Waals surface area contributed by atoms with Gasteiger partial charge in [0, 0.05) is 21.7 Å². The van der Waals surface area contributed by atoms with Crippen molar-refractivity contribution < 1.29 is 0 Å². The smallest absolute Gasteiger partial charge is 0.101 e. The summed E-state index contributed by atoms with van der Waals surface area (Å²) in [6.07, 6.45) is 0. The molecule has 5 aromatic rings. The predicted octanol–water partition coefficient (Wildman–Crippen LogP) is 7.53. The number of hydrogen-bond acceptors (Lipinski definition) is 1. The van der Waals surface area contributed by atoms with Crippen LogP contribution >= 0.6 is 11.6 Å². The summed E-state index contributed by atoms with van der Waals surface area (Å²) in [6.45, 7) is 0. The van der Waals surface area contributed by atoms with Crippen molar-refractivity contribution in [2.24, 2.45) is 0 Å². The summed E-state index contributed by atoms with van der Waals surface area (Å²) >= 11 is 6.16. The number of halogens is 1. The van der Waals surface area contributed by atoms with Gasteiger partial charge in [-0.1, -0.05) is 103 Å². The van der Waals surface area contributed by atoms with E-state index in [1.165, 1.54) is 0 Å². The average molecular weight is 407 g/mol. The lowest BCUT2D eigenvalue weighted by atomic mass is 9.96. The molecule has 4 aromatic carbocycles. The van der Waals surface area contributed by atoms with Gasteiger partial charge in [0.2, 0.25) is 0 Å². The molecular weight excluding hydrogens is 388 g/mol. The molecule has 0 unspecified atom stereocenters. The van der Waals surface area contributed by atoms with Crippen molar-refractivity contribution in [3.63, 3.8) is 0 Å². The third kappa shape index (κ3) is 3.42. The van der Waals surface area contributed by atoms with Crippen molar-refractivity contribution in [1.82, 2.24) is 9.78 Å². The van der Waals surface area contributed by atoms with Crippen molar-refractivity contribution in [1.29, 1.82) is 0 Å². The van der Waals surface area contributed by atoms with Gasteiger partial charge in [-0.15, -0.1) is 0 Å². The molecule has 0 saturated carbocycles. The number of benzene rings is 4. The molecule has 2 nitrogen and oxygen atoms in total. The summed E-state index contributed by atoms with van der Waals surface area (Å²) < 4.78 is 2.04. The van der Waals surface area contributed by atoms with E-state index >= 15 is 0 Å². The van der Waals surface area contributed by atoms with E-state index in [0.29, 0.717) is 5.02 Å². The quantitative estimate of drug-likeness (QED) is 0.301. The van der Waals surface area contributed by atoms with Crippen LogP contribution in [-0.2, 0) is 0 Å². The van der Waals surface area contributed by atoms with Gasteiger partial charge in [0.05, 0.1) is 11.4 Å². The van der Waals surface area contributed by atoms with Crippen LogP contribution < -0.4 is 0 Å². The first kappa shape index (κ1) is 18.4. The average Bonchev–Trinajstić information content (AvgIpc) is 3.22. The topological polar surface area (TPSA) is 17.8 Å². The van der Waals surface area contributed by atoms with Gasteiger partial charge >= 0.3 is 0 Å². The second kappa shape index (κ2) is 8.02. The fourth-order valence-electron chi connectivity index (χ4n) is 3.72. The highest BCUT2D eigenvalue weighted by Crippen LogP contribution is 2.41. The van der Waals surface area contributed by atoms with E-state index in [1.54, 1.807) is 0 Å². The van der Waals surface area contributed by atoms with E-state index in [-0.39, 0.29) is 0 Å². The Morgan fingerprint density at radius 1 is 0.533 bits per heavy atom. The Morgan fingerprint density at radius 3 is 1.67 bits per heavy atom. The Hall–Kier alpha value is -3.62. The Kier molecular flexibility index (Phi) is 4.92. The summed E-state index contributed by atoms with van der Waals surface area (Å²) in [7, 11) is 0. The van der Waals surface area contributed by atoms with Crippen molar-refractivity contribution in [3.8, 4) is 39.3 Å². The number of nitrogens with zero attached hydrogens (tertiary/aromatic N) is 2. The zero-order valence-corrected chi connectivity index (χ0v) is 17.0. The second-order valence-electron chi connectivity index (χ2n) is 7.06. The van der Waals surface area contributed by atoms with Gasteiger partial charge in [-0.2, -0.15) is 5.10 Å². The lowest BCUT2D eigenvalue weighted by Crippen LogP contribution is -1.99. The molecule has 1 aromatic heterocycles. The molecule has 0 amide bonds. The van der Waals surface area contributed by atoms with Crippen LogP contribution in [0.3, 0.4) is 0 Å². The van der Waals surface area contributed by atoms with Crippen molar-refractivity contribution in [2.45, 2.75) is 0 Å². The maximum Gasteiger partial charge on any atom is 0.101 e. The van der Waals surface area contributed by atoms with E-state index in [9.17, 15) is 0 Å². The van der Waals surface area contributed by atoms with Crippen molar-refractivity contribution >= 4 is 11.6 Å². The van der Waals surface area contributed by atoms with Crippen LogP contribution in [0.4, 0.5) is 0 Å². The van der Waals surface area contributed by atoms with E-state index in [0.717, 1.165) is 39.3 Å². The summed E-state index contributed by atoms with van der Waals surface area (Å²) in [5.74, 6) is 0. The minimum absolute atomic E-state index is 0.714.